The molecule has 0 bridgehead atoms. The lowest BCUT2D eigenvalue weighted by molar-refractivity contribution is -0.126. The van der Waals surface area contributed by atoms with Gasteiger partial charge in [0, 0.05) is 13.1 Å². The molecule has 0 atom stereocenters. The highest BCUT2D eigenvalue weighted by molar-refractivity contribution is 5.86. The second kappa shape index (κ2) is 7.66. The van der Waals surface area contributed by atoms with Crippen LogP contribution < -0.4 is 0 Å². The van der Waals surface area contributed by atoms with Crippen LogP contribution in [0.4, 0.5) is 0 Å². The summed E-state index contributed by atoms with van der Waals surface area (Å²) in [6, 6.07) is 10.3. The minimum Gasteiger partial charge on any atom is -0.339 e. The summed E-state index contributed by atoms with van der Waals surface area (Å²) in [7, 11) is 0. The van der Waals surface area contributed by atoms with Gasteiger partial charge in [0.15, 0.2) is 0 Å². The summed E-state index contributed by atoms with van der Waals surface area (Å²) >= 11 is 0. The topological polar surface area (TPSA) is 20.3 Å². The largest absolute Gasteiger partial charge is 0.339 e. The molecule has 0 saturated carbocycles. The number of carbonyl (C=O) groups is 1. The van der Waals surface area contributed by atoms with E-state index in [0.29, 0.717) is 0 Å². The van der Waals surface area contributed by atoms with E-state index in [-0.39, 0.29) is 5.91 Å². The van der Waals surface area contributed by atoms with E-state index < -0.39 is 0 Å². The maximum atomic E-state index is 11.0. The number of amides is 1. The Balaban J connectivity index is 0.000000181. The van der Waals surface area contributed by atoms with E-state index in [1.807, 2.05) is 23.1 Å². The van der Waals surface area contributed by atoms with Crippen molar-refractivity contribution in [2.24, 2.45) is 0 Å². The minimum atomic E-state index is 0.0831. The molecule has 1 aliphatic rings. The number of nitrogens with zero attached hydrogens (tertiary/aromatic N) is 1. The molecule has 1 fully saturated rings. The van der Waals surface area contributed by atoms with Crippen LogP contribution in [0.2, 0.25) is 0 Å². The summed E-state index contributed by atoms with van der Waals surface area (Å²) < 4.78 is 0. The van der Waals surface area contributed by atoms with Gasteiger partial charge in [-0.2, -0.15) is 0 Å². The predicted molar refractivity (Wildman–Crippen MR) is 71.8 cm³/mol. The third-order valence-electron chi connectivity index (χ3n) is 2.78. The monoisotopic (exact) mass is 231 g/mol. The number of likely N-dealkylation sites (tertiary alicyclic amines) is 1. The number of hydrogen-bond donors (Lipinski definition) is 0. The first-order valence-electron chi connectivity index (χ1n) is 6.17. The van der Waals surface area contributed by atoms with Crippen LogP contribution in [0.25, 0.3) is 0 Å². The van der Waals surface area contributed by atoms with Gasteiger partial charge in [0.2, 0.25) is 5.91 Å². The van der Waals surface area contributed by atoms with Gasteiger partial charge >= 0.3 is 0 Å². The molecule has 2 nitrogen and oxygen atoms in total. The lowest BCUT2D eigenvalue weighted by Gasteiger charge is -2.25. The zero-order chi connectivity index (χ0) is 12.5. The summed E-state index contributed by atoms with van der Waals surface area (Å²) in [6.45, 7) is 7.37. The van der Waals surface area contributed by atoms with Gasteiger partial charge in [0.1, 0.15) is 0 Å². The maximum absolute atomic E-state index is 11.0. The summed E-state index contributed by atoms with van der Waals surface area (Å²) in [4.78, 5) is 12.8. The van der Waals surface area contributed by atoms with Crippen molar-refractivity contribution in [2.75, 3.05) is 13.1 Å². The fourth-order valence-electron chi connectivity index (χ4n) is 1.78. The Morgan fingerprint density at radius 1 is 1.18 bits per heavy atom. The molecule has 0 aliphatic carbocycles. The third kappa shape index (κ3) is 5.34. The summed E-state index contributed by atoms with van der Waals surface area (Å²) in [6.07, 6.45) is 4.96. The molecule has 1 aromatic rings. The van der Waals surface area contributed by atoms with Gasteiger partial charge in [0.05, 0.1) is 0 Å². The smallest absolute Gasteiger partial charge is 0.245 e. The zero-order valence-electron chi connectivity index (χ0n) is 10.6. The Hall–Kier alpha value is -1.57. The molecule has 17 heavy (non-hydrogen) atoms. The van der Waals surface area contributed by atoms with E-state index in [1.165, 1.54) is 18.1 Å². The van der Waals surface area contributed by atoms with Gasteiger partial charge in [-0.05, 0) is 32.3 Å². The Morgan fingerprint density at radius 3 is 2.18 bits per heavy atom. The van der Waals surface area contributed by atoms with Crippen LogP contribution in [0.3, 0.4) is 0 Å². The van der Waals surface area contributed by atoms with Crippen molar-refractivity contribution in [3.05, 3.63) is 48.6 Å². The van der Waals surface area contributed by atoms with Crippen molar-refractivity contribution in [1.82, 2.24) is 4.90 Å². The van der Waals surface area contributed by atoms with Gasteiger partial charge in [-0.1, -0.05) is 42.5 Å². The molecule has 1 heterocycles. The third-order valence-corrected chi connectivity index (χ3v) is 2.78. The molecular formula is C15H21NO. The van der Waals surface area contributed by atoms with E-state index >= 15 is 0 Å². The normalized spacial score (nSPS) is 14.5. The molecular weight excluding hydrogens is 210 g/mol. The number of rotatable bonds is 1. The van der Waals surface area contributed by atoms with Crippen molar-refractivity contribution >= 4 is 5.91 Å². The van der Waals surface area contributed by atoms with Crippen molar-refractivity contribution in [2.45, 2.75) is 26.2 Å². The molecule has 1 amide bonds. The average molecular weight is 231 g/mol. The van der Waals surface area contributed by atoms with Crippen molar-refractivity contribution in [3.63, 3.8) is 0 Å². The van der Waals surface area contributed by atoms with E-state index in [4.69, 9.17) is 0 Å². The Labute approximate surface area is 104 Å². The molecule has 0 aromatic heterocycles. The quantitative estimate of drug-likeness (QED) is 0.680. The number of benzene rings is 1. The molecule has 92 valence electrons. The number of aryl methyl sites for hydroxylation is 1. The molecule has 1 saturated heterocycles. The van der Waals surface area contributed by atoms with Crippen LogP contribution in [0.15, 0.2) is 43.0 Å². The molecule has 1 aliphatic heterocycles. The minimum absolute atomic E-state index is 0.0831. The van der Waals surface area contributed by atoms with Crippen LogP contribution in [0, 0.1) is 6.92 Å². The van der Waals surface area contributed by atoms with Crippen LogP contribution in [0.1, 0.15) is 24.8 Å². The van der Waals surface area contributed by atoms with E-state index in [1.54, 1.807) is 0 Å². The highest BCUT2D eigenvalue weighted by atomic mass is 16.2. The lowest BCUT2D eigenvalue weighted by atomic mass is 10.1. The fourth-order valence-corrected chi connectivity index (χ4v) is 1.78. The zero-order valence-corrected chi connectivity index (χ0v) is 10.6. The standard InChI is InChI=1S/C8H13NO.C7H8/c1-2-8(10)9-6-4-3-5-7-9;1-7-5-3-2-4-6-7/h2H,1,3-7H2;2-6H,1H3. The lowest BCUT2D eigenvalue weighted by Crippen LogP contribution is -2.34. The summed E-state index contributed by atoms with van der Waals surface area (Å²) in [5, 5.41) is 0. The SMILES string of the molecule is C=CC(=O)N1CCCCC1.Cc1ccccc1. The first-order chi connectivity index (χ1) is 8.24. The first-order valence-corrected chi connectivity index (χ1v) is 6.17. The molecule has 0 N–H and O–H groups in total. The Kier molecular flexibility index (Phi) is 6.08. The van der Waals surface area contributed by atoms with Crippen LogP contribution >= 0.6 is 0 Å². The Morgan fingerprint density at radius 2 is 1.76 bits per heavy atom. The molecule has 2 heteroatoms. The first kappa shape index (κ1) is 13.5. The number of carbonyl (C=O) groups excluding carboxylic acids is 1. The van der Waals surface area contributed by atoms with Gasteiger partial charge in [-0.15, -0.1) is 0 Å². The van der Waals surface area contributed by atoms with Crippen LogP contribution in [-0.4, -0.2) is 23.9 Å². The van der Waals surface area contributed by atoms with Gasteiger partial charge in [-0.3, -0.25) is 4.79 Å². The van der Waals surface area contributed by atoms with Gasteiger partial charge in [0.25, 0.3) is 0 Å². The fraction of sp³-hybridized carbons (Fsp3) is 0.400. The van der Waals surface area contributed by atoms with E-state index in [2.05, 4.69) is 25.6 Å². The second-order valence-corrected chi connectivity index (χ2v) is 4.24. The number of piperidine rings is 1. The molecule has 2 rings (SSSR count). The molecule has 1 aromatic carbocycles. The summed E-state index contributed by atoms with van der Waals surface area (Å²) in [5.41, 5.74) is 1.32. The molecule has 0 spiro atoms. The average Bonchev–Trinajstić information content (AvgIpc) is 2.40. The summed E-state index contributed by atoms with van der Waals surface area (Å²) in [5.74, 6) is 0.0831. The van der Waals surface area contributed by atoms with Crippen LogP contribution in [-0.2, 0) is 4.79 Å². The second-order valence-electron chi connectivity index (χ2n) is 4.24. The van der Waals surface area contributed by atoms with Crippen LogP contribution in [0.5, 0.6) is 0 Å². The van der Waals surface area contributed by atoms with E-state index in [0.717, 1.165) is 25.9 Å². The number of hydrogen-bond acceptors (Lipinski definition) is 1. The highest BCUT2D eigenvalue weighted by Crippen LogP contribution is 2.08. The van der Waals surface area contributed by atoms with Crippen molar-refractivity contribution in [1.29, 1.82) is 0 Å². The predicted octanol–water partition coefficient (Wildman–Crippen LogP) is 3.18. The van der Waals surface area contributed by atoms with Crippen molar-refractivity contribution in [3.8, 4) is 0 Å². The van der Waals surface area contributed by atoms with Gasteiger partial charge < -0.3 is 4.90 Å². The molecule has 0 radical (unpaired) electrons. The van der Waals surface area contributed by atoms with Gasteiger partial charge in [-0.25, -0.2) is 0 Å². The molecule has 0 unspecified atom stereocenters. The van der Waals surface area contributed by atoms with E-state index in [9.17, 15) is 4.79 Å². The van der Waals surface area contributed by atoms with Crippen molar-refractivity contribution < 1.29 is 4.79 Å². The maximum Gasteiger partial charge on any atom is 0.245 e. The highest BCUT2D eigenvalue weighted by Gasteiger charge is 2.12. The Bertz CT molecular complexity index is 339.